The molecule has 0 atom stereocenters. The lowest BCUT2D eigenvalue weighted by Gasteiger charge is -2.27. The summed E-state index contributed by atoms with van der Waals surface area (Å²) in [5.41, 5.74) is 5.03. The third-order valence-corrected chi connectivity index (χ3v) is 11.0. The number of furan rings is 1. The van der Waals surface area contributed by atoms with Crippen LogP contribution in [0, 0.1) is 0 Å². The van der Waals surface area contributed by atoms with Crippen LogP contribution in [0.4, 0.5) is 17.1 Å². The second-order valence-electron chi connectivity index (χ2n) is 11.2. The molecular weight excluding hydrogens is 577 g/mol. The molecule has 0 radical (unpaired) electrons. The van der Waals surface area contributed by atoms with Gasteiger partial charge in [-0.15, -0.1) is 22.7 Å². The van der Waals surface area contributed by atoms with Gasteiger partial charge >= 0.3 is 0 Å². The monoisotopic (exact) mass is 598 g/mol. The molecule has 0 aliphatic carbocycles. The molecule has 0 N–H and O–H groups in total. The smallest absolute Gasteiger partial charge is 0.138 e. The van der Waals surface area contributed by atoms with Crippen molar-refractivity contribution in [1.82, 2.24) is 4.98 Å². The van der Waals surface area contributed by atoms with Crippen molar-refractivity contribution >= 4 is 113 Å². The van der Waals surface area contributed by atoms with E-state index in [2.05, 4.69) is 125 Å². The number of rotatable bonds is 3. The highest BCUT2D eigenvalue weighted by Gasteiger charge is 2.21. The Bertz CT molecular complexity index is 2640. The molecule has 0 aliphatic rings. The largest absolute Gasteiger partial charge is 0.456 e. The number of pyridine rings is 1. The van der Waals surface area contributed by atoms with E-state index in [4.69, 9.17) is 4.42 Å². The van der Waals surface area contributed by atoms with Gasteiger partial charge < -0.3 is 9.32 Å². The van der Waals surface area contributed by atoms with Crippen molar-refractivity contribution in [3.05, 3.63) is 134 Å². The molecule has 6 aromatic carbocycles. The van der Waals surface area contributed by atoms with Crippen molar-refractivity contribution in [3.63, 3.8) is 0 Å². The van der Waals surface area contributed by atoms with Crippen LogP contribution in [0.3, 0.4) is 0 Å². The summed E-state index contributed by atoms with van der Waals surface area (Å²) in [6.07, 6.45) is 3.70. The summed E-state index contributed by atoms with van der Waals surface area (Å²) in [7, 11) is 0. The van der Waals surface area contributed by atoms with Crippen molar-refractivity contribution in [3.8, 4) is 0 Å². The van der Waals surface area contributed by atoms with E-state index < -0.39 is 0 Å². The second kappa shape index (κ2) is 9.13. The predicted octanol–water partition coefficient (Wildman–Crippen LogP) is 12.3. The van der Waals surface area contributed by atoms with Gasteiger partial charge in [-0.05, 0) is 47.9 Å². The van der Waals surface area contributed by atoms with Crippen molar-refractivity contribution in [2.75, 3.05) is 4.90 Å². The van der Waals surface area contributed by atoms with Crippen molar-refractivity contribution in [1.29, 1.82) is 0 Å². The molecule has 0 unspecified atom stereocenters. The number of hydrogen-bond donors (Lipinski definition) is 0. The quantitative estimate of drug-likeness (QED) is 0.203. The van der Waals surface area contributed by atoms with Crippen LogP contribution in [0.25, 0.3) is 73.1 Å². The van der Waals surface area contributed by atoms with Crippen LogP contribution in [0.5, 0.6) is 0 Å². The lowest BCUT2D eigenvalue weighted by atomic mass is 10.0. The molecule has 0 saturated heterocycles. The zero-order valence-corrected chi connectivity index (χ0v) is 25.0. The van der Waals surface area contributed by atoms with Gasteiger partial charge in [0.05, 0.1) is 5.69 Å². The Balaban J connectivity index is 1.29. The fourth-order valence-corrected chi connectivity index (χ4v) is 9.06. The highest BCUT2D eigenvalue weighted by Crippen LogP contribution is 2.47. The molecule has 0 amide bonds. The highest BCUT2D eigenvalue weighted by atomic mass is 32.1. The molecule has 4 aromatic heterocycles. The van der Waals surface area contributed by atoms with Crippen LogP contribution in [-0.4, -0.2) is 4.98 Å². The van der Waals surface area contributed by atoms with E-state index in [1.807, 2.05) is 34.9 Å². The number of aromatic nitrogens is 1. The molecule has 10 aromatic rings. The normalized spacial score (nSPS) is 12.1. The fourth-order valence-electron chi connectivity index (χ4n) is 6.79. The van der Waals surface area contributed by atoms with E-state index in [9.17, 15) is 0 Å². The summed E-state index contributed by atoms with van der Waals surface area (Å²) < 4.78 is 11.6. The average Bonchev–Trinajstić information content (AvgIpc) is 3.75. The first-order valence-corrected chi connectivity index (χ1v) is 16.2. The molecule has 3 nitrogen and oxygen atoms in total. The number of benzene rings is 6. The Morgan fingerprint density at radius 2 is 1.05 bits per heavy atom. The SMILES string of the molecule is c1ccc2c(c1)sc1cc(N(c3ccc4c(c3)sc3ccccc34)c3cc4oc5ccncc5c4c4ccccc34)ccc12. The second-order valence-corrected chi connectivity index (χ2v) is 13.3. The third-order valence-electron chi connectivity index (χ3n) is 8.74. The van der Waals surface area contributed by atoms with Crippen molar-refractivity contribution in [2.24, 2.45) is 0 Å². The highest BCUT2D eigenvalue weighted by molar-refractivity contribution is 7.26. The van der Waals surface area contributed by atoms with Gasteiger partial charge in [-0.25, -0.2) is 0 Å². The molecule has 0 fully saturated rings. The molecular formula is C39H22N2OS2. The van der Waals surface area contributed by atoms with Crippen LogP contribution in [0.1, 0.15) is 0 Å². The molecule has 0 saturated carbocycles. The average molecular weight is 599 g/mol. The summed E-state index contributed by atoms with van der Waals surface area (Å²) >= 11 is 3.70. The van der Waals surface area contributed by atoms with E-state index in [0.29, 0.717) is 0 Å². The maximum absolute atomic E-state index is 6.48. The summed E-state index contributed by atoms with van der Waals surface area (Å²) in [6.45, 7) is 0. The van der Waals surface area contributed by atoms with Gasteiger partial charge in [-0.2, -0.15) is 0 Å². The molecule has 0 bridgehead atoms. The van der Waals surface area contributed by atoms with Gasteiger partial charge in [0, 0.05) is 86.3 Å². The Morgan fingerprint density at radius 3 is 1.70 bits per heavy atom. The fraction of sp³-hybridized carbons (Fsp3) is 0. The standard InChI is InChI=1S/C39H22N2OS2/c1-2-10-30-25(7-1)32(21-34-39(30)31-22-40-18-17-33(31)42-34)41(23-13-15-28-26-8-3-5-11-35(26)43-37(28)19-23)24-14-16-29-27-9-4-6-12-36(27)44-38(29)20-24/h1-22H. The van der Waals surface area contributed by atoms with Crippen LogP contribution < -0.4 is 4.90 Å². The van der Waals surface area contributed by atoms with E-state index in [-0.39, 0.29) is 0 Å². The molecule has 206 valence electrons. The number of fused-ring (bicyclic) bond motifs is 11. The minimum Gasteiger partial charge on any atom is -0.456 e. The van der Waals surface area contributed by atoms with E-state index in [0.717, 1.165) is 44.4 Å². The Morgan fingerprint density at radius 1 is 0.477 bits per heavy atom. The molecule has 10 rings (SSSR count). The zero-order valence-electron chi connectivity index (χ0n) is 23.3. The Labute approximate surface area is 259 Å². The van der Waals surface area contributed by atoms with E-state index in [1.54, 1.807) is 6.20 Å². The Kier molecular flexibility index (Phi) is 5.03. The van der Waals surface area contributed by atoms with Gasteiger partial charge in [0.15, 0.2) is 0 Å². The number of thiophene rings is 2. The molecule has 5 heteroatoms. The number of hydrogen-bond acceptors (Lipinski definition) is 5. The number of anilines is 3. The summed E-state index contributed by atoms with van der Waals surface area (Å²) in [6, 6.07) is 43.9. The van der Waals surface area contributed by atoms with Gasteiger partial charge in [0.2, 0.25) is 0 Å². The molecule has 0 aliphatic heterocycles. The van der Waals surface area contributed by atoms with E-state index in [1.165, 1.54) is 45.7 Å². The first kappa shape index (κ1) is 24.2. The first-order valence-electron chi connectivity index (χ1n) is 14.6. The summed E-state index contributed by atoms with van der Waals surface area (Å²) in [5, 5.41) is 9.66. The summed E-state index contributed by atoms with van der Waals surface area (Å²) in [4.78, 5) is 6.82. The van der Waals surface area contributed by atoms with Crippen LogP contribution >= 0.6 is 22.7 Å². The zero-order chi connectivity index (χ0) is 28.8. The lowest BCUT2D eigenvalue weighted by molar-refractivity contribution is 0.669. The third kappa shape index (κ3) is 3.45. The van der Waals surface area contributed by atoms with Crippen LogP contribution in [0.15, 0.2) is 138 Å². The van der Waals surface area contributed by atoms with Crippen molar-refractivity contribution < 1.29 is 4.42 Å². The van der Waals surface area contributed by atoms with Gasteiger partial charge in [-0.1, -0.05) is 72.8 Å². The molecule has 44 heavy (non-hydrogen) atoms. The first-order chi connectivity index (χ1) is 21.8. The van der Waals surface area contributed by atoms with Gasteiger partial charge in [0.1, 0.15) is 11.2 Å². The molecule has 0 spiro atoms. The van der Waals surface area contributed by atoms with Crippen LogP contribution in [-0.2, 0) is 0 Å². The van der Waals surface area contributed by atoms with E-state index >= 15 is 0 Å². The molecule has 4 heterocycles. The minimum absolute atomic E-state index is 0.849. The van der Waals surface area contributed by atoms with Crippen molar-refractivity contribution in [2.45, 2.75) is 0 Å². The topological polar surface area (TPSA) is 29.3 Å². The predicted molar refractivity (Wildman–Crippen MR) is 189 cm³/mol. The lowest BCUT2D eigenvalue weighted by Crippen LogP contribution is -2.10. The number of nitrogens with zero attached hydrogens (tertiary/aromatic N) is 2. The minimum atomic E-state index is 0.849. The summed E-state index contributed by atoms with van der Waals surface area (Å²) in [5.74, 6) is 0. The maximum atomic E-state index is 6.48. The maximum Gasteiger partial charge on any atom is 0.138 e. The van der Waals surface area contributed by atoms with Gasteiger partial charge in [-0.3, -0.25) is 4.98 Å². The van der Waals surface area contributed by atoms with Crippen LogP contribution in [0.2, 0.25) is 0 Å². The Hall–Kier alpha value is -5.23. The van der Waals surface area contributed by atoms with Gasteiger partial charge in [0.25, 0.3) is 0 Å².